The molecule has 146 valence electrons. The van der Waals surface area contributed by atoms with Crippen molar-refractivity contribution in [3.05, 3.63) is 76.2 Å². The van der Waals surface area contributed by atoms with Crippen LogP contribution in [0.2, 0.25) is 0 Å². The summed E-state index contributed by atoms with van der Waals surface area (Å²) in [6.45, 7) is 0.907. The molecule has 0 bridgehead atoms. The van der Waals surface area contributed by atoms with Gasteiger partial charge >= 0.3 is 5.69 Å². The van der Waals surface area contributed by atoms with Gasteiger partial charge in [-0.3, -0.25) is 4.98 Å². The van der Waals surface area contributed by atoms with Crippen LogP contribution in [0.15, 0.2) is 59.4 Å². The first-order valence-corrected chi connectivity index (χ1v) is 8.91. The third-order valence-corrected chi connectivity index (χ3v) is 4.18. The van der Waals surface area contributed by atoms with Crippen LogP contribution in [-0.4, -0.2) is 30.7 Å². The molecule has 0 spiro atoms. The highest BCUT2D eigenvalue weighted by Gasteiger charge is 2.06. The van der Waals surface area contributed by atoms with Gasteiger partial charge in [0.15, 0.2) is 0 Å². The Kier molecular flexibility index (Phi) is 6.51. The molecular formula is C21H23N3O4. The Labute approximate surface area is 163 Å². The molecule has 0 amide bonds. The third-order valence-electron chi connectivity index (χ3n) is 4.18. The molecule has 7 heteroatoms. The summed E-state index contributed by atoms with van der Waals surface area (Å²) < 4.78 is 16.1. The number of aromatic nitrogens is 2. The first kappa shape index (κ1) is 19.3. The second-order valence-corrected chi connectivity index (χ2v) is 6.06. The number of methoxy groups -OCH3 is 2. The van der Waals surface area contributed by atoms with Crippen LogP contribution in [0.5, 0.6) is 17.4 Å². The molecule has 0 saturated heterocycles. The van der Waals surface area contributed by atoms with Crippen LogP contribution in [0.3, 0.4) is 0 Å². The summed E-state index contributed by atoms with van der Waals surface area (Å²) in [7, 11) is 3.25. The van der Waals surface area contributed by atoms with Gasteiger partial charge in [-0.25, -0.2) is 4.79 Å². The largest absolute Gasteiger partial charge is 0.497 e. The molecule has 7 nitrogen and oxygen atoms in total. The summed E-state index contributed by atoms with van der Waals surface area (Å²) in [6.07, 6.45) is 0.797. The summed E-state index contributed by atoms with van der Waals surface area (Å²) in [5.74, 6) is 2.36. The molecule has 0 fully saturated rings. The van der Waals surface area contributed by atoms with Gasteiger partial charge in [-0.15, -0.1) is 0 Å². The van der Waals surface area contributed by atoms with Crippen LogP contribution in [0, 0.1) is 0 Å². The fraction of sp³-hybridized carbons (Fsp3) is 0.238. The normalized spacial score (nSPS) is 10.4. The number of rotatable bonds is 9. The number of para-hydroxylation sites is 1. The summed E-state index contributed by atoms with van der Waals surface area (Å²) in [5.41, 5.74) is 1.57. The SMILES string of the molecule is COc1ccc(CCNc2cc(OCc3ccccc3OC)nc(=O)[nH]2)cc1. The molecule has 3 aromatic rings. The smallest absolute Gasteiger partial charge is 0.349 e. The maximum Gasteiger partial charge on any atom is 0.349 e. The third kappa shape index (κ3) is 5.26. The fourth-order valence-corrected chi connectivity index (χ4v) is 2.71. The topological polar surface area (TPSA) is 85.5 Å². The van der Waals surface area contributed by atoms with Crippen molar-refractivity contribution in [1.29, 1.82) is 0 Å². The van der Waals surface area contributed by atoms with Gasteiger partial charge in [0, 0.05) is 18.2 Å². The van der Waals surface area contributed by atoms with Crippen molar-refractivity contribution in [3.8, 4) is 17.4 Å². The van der Waals surface area contributed by atoms with E-state index in [2.05, 4.69) is 15.3 Å². The summed E-state index contributed by atoms with van der Waals surface area (Å²) in [4.78, 5) is 18.4. The Morgan fingerprint density at radius 1 is 1.04 bits per heavy atom. The number of aromatic amines is 1. The lowest BCUT2D eigenvalue weighted by Crippen LogP contribution is -2.16. The molecular weight excluding hydrogens is 358 g/mol. The molecule has 0 radical (unpaired) electrons. The van der Waals surface area contributed by atoms with Gasteiger partial charge < -0.3 is 19.5 Å². The first-order valence-electron chi connectivity index (χ1n) is 8.91. The van der Waals surface area contributed by atoms with Crippen molar-refractivity contribution in [2.75, 3.05) is 26.1 Å². The quantitative estimate of drug-likeness (QED) is 0.593. The number of benzene rings is 2. The van der Waals surface area contributed by atoms with Crippen molar-refractivity contribution in [3.63, 3.8) is 0 Å². The second-order valence-electron chi connectivity index (χ2n) is 6.06. The van der Waals surface area contributed by atoms with Crippen molar-refractivity contribution < 1.29 is 14.2 Å². The van der Waals surface area contributed by atoms with E-state index < -0.39 is 5.69 Å². The lowest BCUT2D eigenvalue weighted by molar-refractivity contribution is 0.284. The van der Waals surface area contributed by atoms with E-state index in [1.165, 1.54) is 0 Å². The Balaban J connectivity index is 1.58. The van der Waals surface area contributed by atoms with Gasteiger partial charge in [0.2, 0.25) is 5.88 Å². The predicted octanol–water partition coefficient (Wildman–Crippen LogP) is 3.02. The molecule has 0 aliphatic heterocycles. The van der Waals surface area contributed by atoms with Crippen LogP contribution < -0.4 is 25.2 Å². The predicted molar refractivity (Wildman–Crippen MR) is 107 cm³/mol. The number of hydrogen-bond acceptors (Lipinski definition) is 6. The van der Waals surface area contributed by atoms with E-state index in [1.807, 2.05) is 48.5 Å². The van der Waals surface area contributed by atoms with E-state index in [-0.39, 0.29) is 12.5 Å². The lowest BCUT2D eigenvalue weighted by Gasteiger charge is -2.11. The van der Waals surface area contributed by atoms with Crippen LogP contribution in [0.4, 0.5) is 5.82 Å². The molecule has 2 N–H and O–H groups in total. The standard InChI is InChI=1S/C21H23N3O4/c1-26-17-9-7-15(8-10-17)11-12-22-19-13-20(24-21(25)23-19)28-14-16-5-3-4-6-18(16)27-2/h3-10,13H,11-12,14H2,1-2H3,(H2,22,23,24,25). The van der Waals surface area contributed by atoms with Crippen molar-refractivity contribution in [2.45, 2.75) is 13.0 Å². The molecule has 2 aromatic carbocycles. The average Bonchev–Trinajstić information content (AvgIpc) is 2.72. The Morgan fingerprint density at radius 3 is 2.57 bits per heavy atom. The van der Waals surface area contributed by atoms with Gasteiger partial charge in [-0.05, 0) is 30.2 Å². The second kappa shape index (κ2) is 9.45. The van der Waals surface area contributed by atoms with Gasteiger partial charge in [-0.1, -0.05) is 30.3 Å². The van der Waals surface area contributed by atoms with Crippen molar-refractivity contribution in [1.82, 2.24) is 9.97 Å². The van der Waals surface area contributed by atoms with Crippen molar-refractivity contribution >= 4 is 5.82 Å². The highest BCUT2D eigenvalue weighted by Crippen LogP contribution is 2.19. The van der Waals surface area contributed by atoms with Crippen molar-refractivity contribution in [2.24, 2.45) is 0 Å². The van der Waals surface area contributed by atoms with E-state index >= 15 is 0 Å². The van der Waals surface area contributed by atoms with Crippen LogP contribution >= 0.6 is 0 Å². The molecule has 0 aliphatic carbocycles. The maximum atomic E-state index is 11.8. The summed E-state index contributed by atoms with van der Waals surface area (Å²) in [5, 5.41) is 3.19. The van der Waals surface area contributed by atoms with Gasteiger partial charge in [-0.2, -0.15) is 4.98 Å². The van der Waals surface area contributed by atoms with E-state index in [9.17, 15) is 4.79 Å². The van der Waals surface area contributed by atoms with E-state index in [0.717, 1.165) is 29.0 Å². The number of ether oxygens (including phenoxy) is 3. The highest BCUT2D eigenvalue weighted by molar-refractivity contribution is 5.38. The molecule has 0 aliphatic rings. The average molecular weight is 381 g/mol. The molecule has 0 saturated carbocycles. The van der Waals surface area contributed by atoms with E-state index in [0.29, 0.717) is 12.4 Å². The van der Waals surface area contributed by atoms with E-state index in [4.69, 9.17) is 14.2 Å². The number of hydrogen-bond donors (Lipinski definition) is 2. The van der Waals surface area contributed by atoms with Gasteiger partial charge in [0.05, 0.1) is 14.2 Å². The lowest BCUT2D eigenvalue weighted by atomic mass is 10.1. The van der Waals surface area contributed by atoms with Crippen LogP contribution in [-0.2, 0) is 13.0 Å². The number of nitrogens with zero attached hydrogens (tertiary/aromatic N) is 1. The minimum Gasteiger partial charge on any atom is -0.497 e. The summed E-state index contributed by atoms with van der Waals surface area (Å²) in [6, 6.07) is 17.1. The maximum absolute atomic E-state index is 11.8. The monoisotopic (exact) mass is 381 g/mol. The molecule has 1 aromatic heterocycles. The molecule has 0 unspecified atom stereocenters. The zero-order chi connectivity index (χ0) is 19.8. The van der Waals surface area contributed by atoms with Gasteiger partial charge in [0.1, 0.15) is 23.9 Å². The Morgan fingerprint density at radius 2 is 1.82 bits per heavy atom. The zero-order valence-electron chi connectivity index (χ0n) is 15.9. The van der Waals surface area contributed by atoms with Crippen LogP contribution in [0.25, 0.3) is 0 Å². The molecule has 0 atom stereocenters. The molecule has 28 heavy (non-hydrogen) atoms. The molecule has 1 heterocycles. The Bertz CT molecular complexity index is 954. The first-order chi connectivity index (χ1) is 13.7. The fourth-order valence-electron chi connectivity index (χ4n) is 2.71. The van der Waals surface area contributed by atoms with E-state index in [1.54, 1.807) is 20.3 Å². The Hall–Kier alpha value is -3.48. The van der Waals surface area contributed by atoms with Crippen LogP contribution in [0.1, 0.15) is 11.1 Å². The summed E-state index contributed by atoms with van der Waals surface area (Å²) >= 11 is 0. The number of H-pyrrole nitrogens is 1. The van der Waals surface area contributed by atoms with Gasteiger partial charge in [0.25, 0.3) is 0 Å². The highest BCUT2D eigenvalue weighted by atomic mass is 16.5. The zero-order valence-corrected chi connectivity index (χ0v) is 15.9. The minimum atomic E-state index is -0.468. The number of anilines is 1. The minimum absolute atomic E-state index is 0.251. The number of nitrogens with one attached hydrogen (secondary N) is 2. The molecule has 3 rings (SSSR count).